The maximum absolute atomic E-state index is 11.5. The first kappa shape index (κ1) is 13.5. The van der Waals surface area contributed by atoms with Crippen LogP contribution < -0.4 is 28.9 Å². The topological polar surface area (TPSA) is 34.0 Å². The minimum atomic E-state index is -0.122. The van der Waals surface area contributed by atoms with Gasteiger partial charge in [0.15, 0.2) is 0 Å². The number of rotatable bonds is 1. The second kappa shape index (κ2) is 5.67. The monoisotopic (exact) mass is 336 g/mol. The number of ether oxygens (including phenoxy) is 1. The third kappa shape index (κ3) is 2.76. The van der Waals surface area contributed by atoms with E-state index in [1.165, 1.54) is 11.1 Å². The van der Waals surface area contributed by atoms with Gasteiger partial charge in [-0.15, -0.1) is 0 Å². The highest BCUT2D eigenvalue weighted by molar-refractivity contribution is 5.58. The van der Waals surface area contributed by atoms with Gasteiger partial charge < -0.3 is 33.6 Å². The summed E-state index contributed by atoms with van der Waals surface area (Å²) in [6.45, 7) is 4.81. The highest BCUT2D eigenvalue weighted by Gasteiger charge is 2.32. The van der Waals surface area contributed by atoms with Crippen molar-refractivity contribution in [3.8, 4) is 0 Å². The van der Waals surface area contributed by atoms with Gasteiger partial charge in [0, 0.05) is 24.7 Å². The summed E-state index contributed by atoms with van der Waals surface area (Å²) in [4.78, 5) is 14.6. The molecule has 1 N–H and O–H groups in total. The minimum Gasteiger partial charge on any atom is -1.00 e. The largest absolute Gasteiger partial charge is 1.00 e. The van der Waals surface area contributed by atoms with Crippen molar-refractivity contribution in [2.75, 3.05) is 33.3 Å². The number of amides is 1. The van der Waals surface area contributed by atoms with Crippen molar-refractivity contribution in [3.63, 3.8) is 0 Å². The number of alkyl carbamates (subject to hydrolysis) is 2. The SMILES string of the molecule is CCOC(=O)[NH+]1CC2=C(CN(C)C=C2)C1.[I-]. The van der Waals surface area contributed by atoms with Crippen LogP contribution in [0, 0.1) is 0 Å². The van der Waals surface area contributed by atoms with Crippen molar-refractivity contribution in [3.05, 3.63) is 23.4 Å². The standard InChI is InChI=1S/C11H16N2O2.HI/c1-3-15-11(14)13-7-9-4-5-12(2)6-10(9)8-13;/h4-5H,3,6-8H2,1-2H3;1H. The van der Waals surface area contributed by atoms with E-state index in [-0.39, 0.29) is 30.1 Å². The summed E-state index contributed by atoms with van der Waals surface area (Å²) in [5.41, 5.74) is 2.67. The Morgan fingerprint density at radius 2 is 2.31 bits per heavy atom. The van der Waals surface area contributed by atoms with Crippen molar-refractivity contribution in [2.45, 2.75) is 6.92 Å². The fraction of sp³-hybridized carbons (Fsp3) is 0.545. The van der Waals surface area contributed by atoms with Gasteiger partial charge in [0.05, 0.1) is 6.61 Å². The third-order valence-electron chi connectivity index (χ3n) is 2.82. The predicted molar refractivity (Wildman–Crippen MR) is 56.5 cm³/mol. The Balaban J connectivity index is 0.00000128. The van der Waals surface area contributed by atoms with Crippen LogP contribution in [0.1, 0.15) is 6.92 Å². The molecule has 1 atom stereocenters. The lowest BCUT2D eigenvalue weighted by Crippen LogP contribution is -3.13. The third-order valence-corrected chi connectivity index (χ3v) is 2.82. The highest BCUT2D eigenvalue weighted by Crippen LogP contribution is 2.14. The first-order valence-corrected chi connectivity index (χ1v) is 5.32. The van der Waals surface area contributed by atoms with Crippen LogP contribution in [0.2, 0.25) is 0 Å². The molecule has 0 spiro atoms. The zero-order chi connectivity index (χ0) is 10.8. The number of quaternary nitrogens is 1. The van der Waals surface area contributed by atoms with E-state index in [9.17, 15) is 4.79 Å². The molecule has 2 rings (SSSR count). The number of halogens is 1. The lowest BCUT2D eigenvalue weighted by Gasteiger charge is -2.17. The molecule has 0 aliphatic carbocycles. The molecule has 2 heterocycles. The summed E-state index contributed by atoms with van der Waals surface area (Å²) in [5.74, 6) is 0. The molecular weight excluding hydrogens is 319 g/mol. The molecule has 0 aromatic rings. The van der Waals surface area contributed by atoms with Gasteiger partial charge in [-0.2, -0.15) is 4.79 Å². The number of carbonyl (C=O) groups excluding carboxylic acids is 1. The Morgan fingerprint density at radius 3 is 3.00 bits per heavy atom. The van der Waals surface area contributed by atoms with Crippen LogP contribution in [0.25, 0.3) is 0 Å². The fourth-order valence-corrected chi connectivity index (χ4v) is 2.07. The molecule has 0 saturated heterocycles. The molecule has 0 radical (unpaired) electrons. The van der Waals surface area contributed by atoms with Gasteiger partial charge in [-0.05, 0) is 19.2 Å². The first-order chi connectivity index (χ1) is 7.20. The fourth-order valence-electron chi connectivity index (χ4n) is 2.07. The summed E-state index contributed by atoms with van der Waals surface area (Å²) < 4.78 is 5.02. The molecule has 90 valence electrons. The van der Waals surface area contributed by atoms with Crippen LogP contribution >= 0.6 is 0 Å². The van der Waals surface area contributed by atoms with Crippen LogP contribution in [0.5, 0.6) is 0 Å². The quantitative estimate of drug-likeness (QED) is 0.513. The second-order valence-corrected chi connectivity index (χ2v) is 4.04. The molecule has 0 bridgehead atoms. The second-order valence-electron chi connectivity index (χ2n) is 4.04. The summed E-state index contributed by atoms with van der Waals surface area (Å²) >= 11 is 0. The Bertz CT molecular complexity index is 339. The molecular formula is C11H17IN2O2. The minimum absolute atomic E-state index is 0. The Labute approximate surface area is 113 Å². The van der Waals surface area contributed by atoms with E-state index in [0.717, 1.165) is 24.5 Å². The molecule has 0 fully saturated rings. The summed E-state index contributed by atoms with van der Waals surface area (Å²) in [7, 11) is 2.04. The molecule has 2 aliphatic rings. The van der Waals surface area contributed by atoms with Crippen LogP contribution in [-0.4, -0.2) is 44.3 Å². The smallest absolute Gasteiger partial charge is 0.514 e. The molecule has 1 amide bonds. The van der Waals surface area contributed by atoms with Crippen molar-refractivity contribution >= 4 is 6.09 Å². The van der Waals surface area contributed by atoms with Gasteiger partial charge in [0.2, 0.25) is 0 Å². The summed E-state index contributed by atoms with van der Waals surface area (Å²) in [6, 6.07) is 0. The highest BCUT2D eigenvalue weighted by atomic mass is 127. The number of nitrogens with zero attached hydrogens (tertiary/aromatic N) is 1. The zero-order valence-electron chi connectivity index (χ0n) is 9.62. The van der Waals surface area contributed by atoms with Crippen molar-refractivity contribution in [1.29, 1.82) is 0 Å². The lowest BCUT2D eigenvalue weighted by molar-refractivity contribution is -0.806. The van der Waals surface area contributed by atoms with Gasteiger partial charge in [-0.25, -0.2) is 4.90 Å². The van der Waals surface area contributed by atoms with Crippen molar-refractivity contribution < 1.29 is 38.4 Å². The van der Waals surface area contributed by atoms with Gasteiger partial charge >= 0.3 is 6.09 Å². The maximum Gasteiger partial charge on any atom is 0.514 e. The van der Waals surface area contributed by atoms with Gasteiger partial charge in [-0.3, -0.25) is 0 Å². The molecule has 2 aliphatic heterocycles. The normalized spacial score (nSPS) is 22.9. The Hall–Kier alpha value is -0.560. The van der Waals surface area contributed by atoms with Crippen LogP contribution in [0.15, 0.2) is 23.4 Å². The number of nitrogens with one attached hydrogen (secondary N) is 1. The van der Waals surface area contributed by atoms with E-state index in [1.54, 1.807) is 0 Å². The molecule has 4 nitrogen and oxygen atoms in total. The summed E-state index contributed by atoms with van der Waals surface area (Å²) in [5, 5.41) is 0. The van der Waals surface area contributed by atoms with Crippen LogP contribution in [0.4, 0.5) is 4.79 Å². The van der Waals surface area contributed by atoms with Crippen molar-refractivity contribution in [1.82, 2.24) is 4.90 Å². The van der Waals surface area contributed by atoms with E-state index in [2.05, 4.69) is 17.2 Å². The molecule has 1 unspecified atom stereocenters. The van der Waals surface area contributed by atoms with Gasteiger partial charge in [0.25, 0.3) is 0 Å². The Kier molecular flexibility index (Phi) is 4.79. The van der Waals surface area contributed by atoms with E-state index in [1.807, 2.05) is 14.0 Å². The molecule has 5 heteroatoms. The average Bonchev–Trinajstić information content (AvgIpc) is 2.60. The van der Waals surface area contributed by atoms with Crippen LogP contribution in [-0.2, 0) is 4.74 Å². The van der Waals surface area contributed by atoms with Crippen LogP contribution in [0.3, 0.4) is 0 Å². The maximum atomic E-state index is 11.5. The van der Waals surface area contributed by atoms with Gasteiger partial charge in [-0.1, -0.05) is 0 Å². The molecule has 0 aromatic heterocycles. The average molecular weight is 336 g/mol. The number of likely N-dealkylation sites (N-methyl/N-ethyl adjacent to an activating group) is 1. The van der Waals surface area contributed by atoms with E-state index >= 15 is 0 Å². The predicted octanol–water partition coefficient (Wildman–Crippen LogP) is -3.20. The number of hydrogen-bond acceptors (Lipinski definition) is 3. The number of carbonyl (C=O) groups is 1. The van der Waals surface area contributed by atoms with E-state index in [4.69, 9.17) is 4.74 Å². The Morgan fingerprint density at radius 1 is 1.56 bits per heavy atom. The molecule has 0 saturated carbocycles. The van der Waals surface area contributed by atoms with Crippen molar-refractivity contribution in [2.24, 2.45) is 0 Å². The number of hydrogen-bond donors (Lipinski definition) is 1. The summed E-state index contributed by atoms with van der Waals surface area (Å²) in [6.07, 6.45) is 4.04. The molecule has 0 aromatic carbocycles. The molecule has 16 heavy (non-hydrogen) atoms. The zero-order valence-corrected chi connectivity index (χ0v) is 11.8. The van der Waals surface area contributed by atoms with E-state index < -0.39 is 0 Å². The lowest BCUT2D eigenvalue weighted by atomic mass is 10.1. The first-order valence-electron chi connectivity index (χ1n) is 5.32. The van der Waals surface area contributed by atoms with E-state index in [0.29, 0.717) is 6.61 Å². The van der Waals surface area contributed by atoms with Gasteiger partial charge in [0.1, 0.15) is 13.1 Å².